The number of carbonyl (C=O) groups excluding carboxylic acids is 1. The van der Waals surface area contributed by atoms with E-state index in [9.17, 15) is 4.79 Å². The fraction of sp³-hybridized carbons (Fsp3) is 0.333. The number of hydrogen-bond acceptors (Lipinski definition) is 4. The largest absolute Gasteiger partial charge is 0.495 e. The maximum absolute atomic E-state index is 11.3. The second-order valence-corrected chi connectivity index (χ2v) is 3.60. The molecule has 0 spiro atoms. The Hall–Kier alpha value is -1.73. The van der Waals surface area contributed by atoms with E-state index in [0.29, 0.717) is 16.9 Å². The Kier molecular flexibility index (Phi) is 4.80. The van der Waals surface area contributed by atoms with Gasteiger partial charge in [-0.1, -0.05) is 6.07 Å². The van der Waals surface area contributed by atoms with Gasteiger partial charge in [-0.3, -0.25) is 4.79 Å². The molecule has 0 aliphatic carbocycles. The van der Waals surface area contributed by atoms with Crippen LogP contribution in [-0.2, 0) is 21.8 Å². The fourth-order valence-corrected chi connectivity index (χ4v) is 1.67. The number of halogens is 1. The van der Waals surface area contributed by atoms with Gasteiger partial charge in [-0.15, -0.1) is 11.6 Å². The van der Waals surface area contributed by atoms with Gasteiger partial charge in [0, 0.05) is 11.4 Å². The van der Waals surface area contributed by atoms with E-state index in [2.05, 4.69) is 4.74 Å². The number of benzene rings is 1. The average molecular weight is 254 g/mol. The minimum absolute atomic E-state index is 0.0546. The number of nitrogens with zero attached hydrogens (tertiary/aromatic N) is 1. The van der Waals surface area contributed by atoms with E-state index in [-0.39, 0.29) is 18.3 Å². The van der Waals surface area contributed by atoms with Crippen LogP contribution >= 0.6 is 11.6 Å². The van der Waals surface area contributed by atoms with E-state index < -0.39 is 0 Å². The predicted octanol–water partition coefficient (Wildman–Crippen LogP) is 2.02. The Morgan fingerprint density at radius 3 is 2.65 bits per heavy atom. The number of hydrogen-bond donors (Lipinski definition) is 0. The highest BCUT2D eigenvalue weighted by Gasteiger charge is 2.14. The van der Waals surface area contributed by atoms with Crippen LogP contribution in [0, 0.1) is 11.3 Å². The van der Waals surface area contributed by atoms with Crippen LogP contribution in [0.2, 0.25) is 0 Å². The molecule has 0 saturated heterocycles. The Labute approximate surface area is 105 Å². The van der Waals surface area contributed by atoms with E-state index >= 15 is 0 Å². The van der Waals surface area contributed by atoms with Gasteiger partial charge in [-0.25, -0.2) is 0 Å². The van der Waals surface area contributed by atoms with Crippen LogP contribution in [0.4, 0.5) is 0 Å². The lowest BCUT2D eigenvalue weighted by molar-refractivity contribution is -0.139. The third kappa shape index (κ3) is 3.11. The van der Waals surface area contributed by atoms with Crippen LogP contribution in [0.1, 0.15) is 16.7 Å². The van der Waals surface area contributed by atoms with Gasteiger partial charge in [0.25, 0.3) is 0 Å². The molecule has 0 bridgehead atoms. The first kappa shape index (κ1) is 13.3. The van der Waals surface area contributed by atoms with Crippen LogP contribution in [0.3, 0.4) is 0 Å². The van der Waals surface area contributed by atoms with E-state index in [4.69, 9.17) is 21.6 Å². The van der Waals surface area contributed by atoms with E-state index in [0.717, 1.165) is 5.56 Å². The van der Waals surface area contributed by atoms with E-state index in [1.54, 1.807) is 12.1 Å². The second kappa shape index (κ2) is 6.12. The van der Waals surface area contributed by atoms with Gasteiger partial charge in [0.05, 0.1) is 26.2 Å². The zero-order valence-electron chi connectivity index (χ0n) is 9.62. The Morgan fingerprint density at radius 2 is 2.18 bits per heavy atom. The third-order valence-electron chi connectivity index (χ3n) is 2.27. The molecule has 0 atom stereocenters. The molecule has 4 nitrogen and oxygen atoms in total. The van der Waals surface area contributed by atoms with Crippen molar-refractivity contribution in [3.63, 3.8) is 0 Å². The molecule has 1 rings (SSSR count). The van der Waals surface area contributed by atoms with Crippen molar-refractivity contribution in [2.24, 2.45) is 0 Å². The summed E-state index contributed by atoms with van der Waals surface area (Å²) >= 11 is 5.73. The monoisotopic (exact) mass is 253 g/mol. The zero-order valence-corrected chi connectivity index (χ0v) is 10.4. The summed E-state index contributed by atoms with van der Waals surface area (Å²) in [4.78, 5) is 11.3. The Bertz CT molecular complexity index is 466. The summed E-state index contributed by atoms with van der Waals surface area (Å²) in [5, 5.41) is 9.00. The molecule has 5 heteroatoms. The summed E-state index contributed by atoms with van der Waals surface area (Å²) in [6, 6.07) is 5.40. The summed E-state index contributed by atoms with van der Waals surface area (Å²) in [6.45, 7) is 0. The topological polar surface area (TPSA) is 59.3 Å². The van der Waals surface area contributed by atoms with Crippen molar-refractivity contribution in [2.75, 3.05) is 14.2 Å². The summed E-state index contributed by atoms with van der Waals surface area (Å²) in [6.07, 6.45) is 0.0546. The molecule has 0 aliphatic rings. The van der Waals surface area contributed by atoms with Gasteiger partial charge in [-0.05, 0) is 11.6 Å². The summed E-state index contributed by atoms with van der Waals surface area (Å²) in [5.41, 5.74) is 1.74. The van der Waals surface area contributed by atoms with Crippen molar-refractivity contribution in [2.45, 2.75) is 12.3 Å². The first-order chi connectivity index (χ1) is 8.15. The minimum Gasteiger partial charge on any atom is -0.495 e. The van der Waals surface area contributed by atoms with Crippen molar-refractivity contribution >= 4 is 17.6 Å². The normalized spacial score (nSPS) is 9.53. The smallest absolute Gasteiger partial charge is 0.310 e. The van der Waals surface area contributed by atoms with Crippen LogP contribution in [0.15, 0.2) is 12.1 Å². The van der Waals surface area contributed by atoms with Crippen LogP contribution < -0.4 is 4.74 Å². The molecular weight excluding hydrogens is 242 g/mol. The number of carbonyl (C=O) groups is 1. The van der Waals surface area contributed by atoms with Crippen molar-refractivity contribution in [1.82, 2.24) is 0 Å². The van der Waals surface area contributed by atoms with Gasteiger partial charge in [0.2, 0.25) is 0 Å². The quantitative estimate of drug-likeness (QED) is 0.608. The second-order valence-electron chi connectivity index (χ2n) is 3.33. The van der Waals surface area contributed by atoms with Gasteiger partial charge in [-0.2, -0.15) is 5.26 Å². The van der Waals surface area contributed by atoms with Crippen molar-refractivity contribution in [3.8, 4) is 11.8 Å². The Balaban J connectivity index is 3.25. The fourth-order valence-electron chi connectivity index (χ4n) is 1.52. The number of nitriles is 1. The van der Waals surface area contributed by atoms with Gasteiger partial charge in [0.15, 0.2) is 0 Å². The van der Waals surface area contributed by atoms with Crippen molar-refractivity contribution < 1.29 is 14.3 Å². The lowest BCUT2D eigenvalue weighted by Crippen LogP contribution is -2.07. The van der Waals surface area contributed by atoms with Crippen LogP contribution in [0.5, 0.6) is 5.75 Å². The molecule has 0 radical (unpaired) electrons. The first-order valence-electron chi connectivity index (χ1n) is 4.89. The predicted molar refractivity (Wildman–Crippen MR) is 63.0 cm³/mol. The van der Waals surface area contributed by atoms with Gasteiger partial charge < -0.3 is 9.47 Å². The average Bonchev–Trinajstić information content (AvgIpc) is 2.37. The lowest BCUT2D eigenvalue weighted by atomic mass is 10.0. The molecule has 0 saturated carbocycles. The van der Waals surface area contributed by atoms with Crippen LogP contribution in [-0.4, -0.2) is 20.2 Å². The molecule has 1 aromatic rings. The molecule has 0 fully saturated rings. The SMILES string of the molecule is COC(=O)Cc1cc(CCl)cc(C#N)c1OC. The summed E-state index contributed by atoms with van der Waals surface area (Å²) in [7, 11) is 2.77. The molecule has 1 aromatic carbocycles. The molecule has 0 unspecified atom stereocenters. The summed E-state index contributed by atoms with van der Waals surface area (Å²) in [5.74, 6) is 0.276. The van der Waals surface area contributed by atoms with Crippen molar-refractivity contribution in [1.29, 1.82) is 5.26 Å². The van der Waals surface area contributed by atoms with E-state index in [1.807, 2.05) is 6.07 Å². The van der Waals surface area contributed by atoms with Gasteiger partial charge >= 0.3 is 5.97 Å². The number of esters is 1. The highest BCUT2D eigenvalue weighted by molar-refractivity contribution is 6.17. The molecule has 90 valence electrons. The molecule has 0 amide bonds. The summed E-state index contributed by atoms with van der Waals surface area (Å²) < 4.78 is 9.73. The molecular formula is C12H12ClNO3. The number of ether oxygens (including phenoxy) is 2. The third-order valence-corrected chi connectivity index (χ3v) is 2.58. The number of alkyl halides is 1. The lowest BCUT2D eigenvalue weighted by Gasteiger charge is -2.11. The molecule has 0 aromatic heterocycles. The number of methoxy groups -OCH3 is 2. The maximum Gasteiger partial charge on any atom is 0.310 e. The minimum atomic E-state index is -0.390. The number of rotatable bonds is 4. The highest BCUT2D eigenvalue weighted by Crippen LogP contribution is 2.26. The standard InChI is InChI=1S/C12H12ClNO3/c1-16-11(15)5-9-3-8(6-13)4-10(7-14)12(9)17-2/h3-4H,5-6H2,1-2H3. The van der Waals surface area contributed by atoms with Crippen LogP contribution in [0.25, 0.3) is 0 Å². The maximum atomic E-state index is 11.3. The first-order valence-corrected chi connectivity index (χ1v) is 5.42. The molecule has 0 heterocycles. The van der Waals surface area contributed by atoms with Gasteiger partial charge in [0.1, 0.15) is 11.8 Å². The molecule has 0 aliphatic heterocycles. The molecule has 17 heavy (non-hydrogen) atoms. The zero-order chi connectivity index (χ0) is 12.8. The highest BCUT2D eigenvalue weighted by atomic mass is 35.5. The Morgan fingerprint density at radius 1 is 1.47 bits per heavy atom. The molecule has 0 N–H and O–H groups in total. The van der Waals surface area contributed by atoms with Crippen molar-refractivity contribution in [3.05, 3.63) is 28.8 Å². The van der Waals surface area contributed by atoms with E-state index in [1.165, 1.54) is 14.2 Å².